The number of amides is 10. The molecule has 3 aliphatic heterocycles. The lowest BCUT2D eigenvalue weighted by Crippen LogP contribution is -2.65. The lowest BCUT2D eigenvalue weighted by atomic mass is 9.95. The minimum atomic E-state index is -6.35. The molecule has 22 nitrogen and oxygen atoms in total. The number of nitrogens with two attached hydrogens (primary N) is 2. The fraction of sp³-hybridized carbons (Fsp3) is 0.633. The van der Waals surface area contributed by atoms with E-state index < -0.39 is 219 Å². The number of halogens is 12. The van der Waals surface area contributed by atoms with Gasteiger partial charge in [0.1, 0.15) is 60.4 Å². The molecule has 3 heterocycles. The monoisotopic (exact) mass is 1360 g/mol. The van der Waals surface area contributed by atoms with E-state index in [4.69, 9.17) is 11.5 Å². The molecule has 0 unspecified atom stereocenters. The van der Waals surface area contributed by atoms with Gasteiger partial charge in [-0.3, -0.25) is 47.9 Å². The van der Waals surface area contributed by atoms with Gasteiger partial charge in [0.15, 0.2) is 11.8 Å². The van der Waals surface area contributed by atoms with Crippen molar-refractivity contribution in [2.45, 2.75) is 190 Å². The van der Waals surface area contributed by atoms with E-state index in [0.29, 0.717) is 20.9 Å². The molecule has 3 fully saturated rings. The van der Waals surface area contributed by atoms with Gasteiger partial charge in [-0.2, -0.15) is 52.7 Å². The van der Waals surface area contributed by atoms with Crippen molar-refractivity contribution >= 4 is 59.1 Å². The number of nitrogens with zero attached hydrogens (tertiary/aromatic N) is 2. The van der Waals surface area contributed by atoms with Gasteiger partial charge in [-0.05, 0) is 100 Å². The van der Waals surface area contributed by atoms with Crippen LogP contribution in [0.1, 0.15) is 103 Å². The van der Waals surface area contributed by atoms with Crippen molar-refractivity contribution in [3.8, 4) is 0 Å². The Bertz CT molecular complexity index is 2720. The van der Waals surface area contributed by atoms with Gasteiger partial charge in [0.05, 0.1) is 0 Å². The minimum Gasteiger partial charge on any atom is -0.343 e. The molecule has 94 heavy (non-hydrogen) atoms. The van der Waals surface area contributed by atoms with Crippen molar-refractivity contribution < 1.29 is 101 Å². The van der Waals surface area contributed by atoms with Crippen LogP contribution >= 0.6 is 0 Å². The Kier molecular flexibility index (Phi) is 27.5. The van der Waals surface area contributed by atoms with Crippen LogP contribution in [-0.4, -0.2) is 180 Å². The number of alkyl halides is 12. The van der Waals surface area contributed by atoms with Crippen molar-refractivity contribution in [1.82, 2.24) is 52.3 Å². The number of rotatable bonds is 16. The molecule has 0 aliphatic carbocycles. The summed E-state index contributed by atoms with van der Waals surface area (Å²) in [5.74, 6) is -26.1. The summed E-state index contributed by atoms with van der Waals surface area (Å²) in [6.45, 7) is 4.63. The van der Waals surface area contributed by atoms with Gasteiger partial charge in [0.2, 0.25) is 59.1 Å². The standard InChI is InChI=1S/C60H80F12N12O10/c1-31(2)27-37-49(87)79-39(29-33-15-7-5-8-16-33)55(93)83-25-13-21-41(83)51(89)82-44(46(59(67,68)69)60(70,71)72)54(92)76-36(20-12-24-74)48(86)78-38(28-32(3)4)50(88)80-40(30-34-17-9-6-10-18-34)56(94)84-26-14-22-42(84)52(90)81-43(45(57(61,62)63)58(64,65)66)53(91)75-35(19-11-23-73)47(85)77-37/h5-10,15-18,31-32,35-46H,11-14,19-30,73-74H2,1-4H3,(H,75,91)(H,76,92)(H,77,85)(H,78,86)(H,79,87)(H,80,88)(H,81,90)(H,82,89)/t35-,36-,37-,38-,39+,40+,41-,42-,43-,44-/m0/s1. The molecule has 0 spiro atoms. The summed E-state index contributed by atoms with van der Waals surface area (Å²) in [4.78, 5) is 146. The third-order valence-electron chi connectivity index (χ3n) is 16.0. The number of hydrogen-bond acceptors (Lipinski definition) is 12. The Morgan fingerprint density at radius 3 is 0.979 bits per heavy atom. The van der Waals surface area contributed by atoms with Gasteiger partial charge < -0.3 is 63.8 Å². The maximum atomic E-state index is 14.9. The van der Waals surface area contributed by atoms with Crippen molar-refractivity contribution in [3.63, 3.8) is 0 Å². The smallest absolute Gasteiger partial charge is 0.343 e. The Hall–Kier alpha value is -7.78. The first kappa shape index (κ1) is 76.9. The molecule has 2 aromatic rings. The molecule has 524 valence electrons. The van der Waals surface area contributed by atoms with E-state index in [0.717, 1.165) is 0 Å². The molecule has 2 aromatic carbocycles. The minimum absolute atomic E-state index is 0.152. The molecule has 3 aliphatic rings. The lowest BCUT2D eigenvalue weighted by molar-refractivity contribution is -0.290. The molecular formula is C60H80F12N12O10. The first-order valence-corrected chi connectivity index (χ1v) is 30.7. The first-order valence-electron chi connectivity index (χ1n) is 30.7. The number of carbonyl (C=O) groups is 10. The maximum Gasteiger partial charge on any atom is 0.403 e. The van der Waals surface area contributed by atoms with Crippen LogP contribution in [0.2, 0.25) is 0 Å². The molecule has 0 saturated carbocycles. The largest absolute Gasteiger partial charge is 0.403 e. The van der Waals surface area contributed by atoms with E-state index in [9.17, 15) is 101 Å². The van der Waals surface area contributed by atoms with Crippen LogP contribution in [0, 0.1) is 23.7 Å². The van der Waals surface area contributed by atoms with Crippen LogP contribution in [0.25, 0.3) is 0 Å². The van der Waals surface area contributed by atoms with E-state index in [2.05, 4.69) is 21.3 Å². The summed E-state index contributed by atoms with van der Waals surface area (Å²) >= 11 is 0. The normalized spacial score (nSPS) is 25.5. The fourth-order valence-electron chi connectivity index (χ4n) is 11.5. The number of benzene rings is 2. The Balaban J connectivity index is 1.72. The van der Waals surface area contributed by atoms with E-state index in [-0.39, 0.29) is 51.6 Å². The molecule has 0 aromatic heterocycles. The molecule has 10 atom stereocenters. The third kappa shape index (κ3) is 21.6. The summed E-state index contributed by atoms with van der Waals surface area (Å²) in [6, 6.07) is -7.75. The van der Waals surface area contributed by atoms with E-state index >= 15 is 0 Å². The molecule has 3 saturated heterocycles. The fourth-order valence-corrected chi connectivity index (χ4v) is 11.5. The molecule has 0 radical (unpaired) electrons. The molecule has 0 bridgehead atoms. The summed E-state index contributed by atoms with van der Waals surface area (Å²) in [5, 5.41) is 16.2. The van der Waals surface area contributed by atoms with Gasteiger partial charge in [0.25, 0.3) is 0 Å². The van der Waals surface area contributed by atoms with Crippen LogP contribution in [0.5, 0.6) is 0 Å². The number of hydrogen-bond donors (Lipinski definition) is 10. The number of fused-ring (bicyclic) bond motifs is 2. The van der Waals surface area contributed by atoms with Crippen LogP contribution in [0.3, 0.4) is 0 Å². The predicted molar refractivity (Wildman–Crippen MR) is 312 cm³/mol. The zero-order chi connectivity index (χ0) is 70.2. The average Bonchev–Trinajstić information content (AvgIpc) is 1.39. The second-order valence-corrected chi connectivity index (χ2v) is 24.3. The quantitative estimate of drug-likeness (QED) is 0.108. The van der Waals surface area contributed by atoms with E-state index in [1.54, 1.807) is 12.1 Å². The maximum absolute atomic E-state index is 14.9. The topological polar surface area (TPSA) is 325 Å². The highest BCUT2D eigenvalue weighted by molar-refractivity contribution is 6.00. The number of carbonyl (C=O) groups excluding carboxylic acids is 10. The van der Waals surface area contributed by atoms with Crippen LogP contribution in [0.4, 0.5) is 52.7 Å². The molecule has 34 heteroatoms. The van der Waals surface area contributed by atoms with Gasteiger partial charge in [0, 0.05) is 25.9 Å². The van der Waals surface area contributed by atoms with Crippen molar-refractivity contribution in [3.05, 3.63) is 71.8 Å². The lowest BCUT2D eigenvalue weighted by Gasteiger charge is -2.35. The van der Waals surface area contributed by atoms with Crippen LogP contribution in [-0.2, 0) is 60.8 Å². The zero-order valence-corrected chi connectivity index (χ0v) is 51.8. The van der Waals surface area contributed by atoms with Gasteiger partial charge >= 0.3 is 24.7 Å². The zero-order valence-electron chi connectivity index (χ0n) is 51.8. The van der Waals surface area contributed by atoms with Gasteiger partial charge in [-0.15, -0.1) is 0 Å². The van der Waals surface area contributed by atoms with Crippen molar-refractivity contribution in [2.75, 3.05) is 26.2 Å². The summed E-state index contributed by atoms with van der Waals surface area (Å²) in [7, 11) is 0. The van der Waals surface area contributed by atoms with Gasteiger partial charge in [-0.1, -0.05) is 88.4 Å². The predicted octanol–water partition coefficient (Wildman–Crippen LogP) is 3.40. The Labute approximate surface area is 533 Å². The second-order valence-electron chi connectivity index (χ2n) is 24.3. The molecule has 5 rings (SSSR count). The third-order valence-corrected chi connectivity index (χ3v) is 16.0. The Morgan fingerprint density at radius 1 is 0.404 bits per heavy atom. The average molecular weight is 1360 g/mol. The Morgan fingerprint density at radius 2 is 0.691 bits per heavy atom. The van der Waals surface area contributed by atoms with Crippen molar-refractivity contribution in [1.29, 1.82) is 0 Å². The molecule has 10 amide bonds. The summed E-state index contributed by atoms with van der Waals surface area (Å²) in [6.07, 6.45) is -30.1. The molecule has 12 N–H and O–H groups in total. The summed E-state index contributed by atoms with van der Waals surface area (Å²) < 4.78 is 178. The van der Waals surface area contributed by atoms with Crippen LogP contribution < -0.4 is 54.0 Å². The van der Waals surface area contributed by atoms with E-state index in [1.807, 2.05) is 10.6 Å². The number of nitrogens with one attached hydrogen (secondary N) is 8. The van der Waals surface area contributed by atoms with Gasteiger partial charge in [-0.25, -0.2) is 0 Å². The van der Waals surface area contributed by atoms with E-state index in [1.165, 1.54) is 86.9 Å². The SMILES string of the molecule is CC(C)C[C@@H]1NC(=O)[C@H](CCCN)NC(=O)[C@H](C(C(F)(F)F)C(F)(F)F)NC(=O)[C@@H]2CCCN2C(=O)[C@@H](Cc2ccccc2)NC(=O)[C@H](CC(C)C)NC(=O)[C@H](CCCN)NC(=O)[C@H](C(C(F)(F)F)C(F)(F)F)NC(=O)[C@@H]2CCCN2C(=O)[C@@H](Cc2ccccc2)NC1=O. The van der Waals surface area contributed by atoms with Crippen molar-refractivity contribution in [2.24, 2.45) is 35.1 Å². The summed E-state index contributed by atoms with van der Waals surface area (Å²) in [5.41, 5.74) is 12.0. The van der Waals surface area contributed by atoms with Crippen LogP contribution in [0.15, 0.2) is 60.7 Å². The highest BCUT2D eigenvalue weighted by atomic mass is 19.4. The second kappa shape index (κ2) is 33.6. The molecular weight excluding hydrogens is 1280 g/mol. The highest BCUT2D eigenvalue weighted by Crippen LogP contribution is 2.43. The first-order chi connectivity index (χ1) is 43.9. The highest BCUT2D eigenvalue weighted by Gasteiger charge is 2.64.